The van der Waals surface area contributed by atoms with Crippen molar-refractivity contribution in [3.8, 4) is 5.75 Å². The van der Waals surface area contributed by atoms with Crippen molar-refractivity contribution in [1.29, 1.82) is 0 Å². The second-order valence-corrected chi connectivity index (χ2v) is 8.88. The van der Waals surface area contributed by atoms with Crippen LogP contribution in [0.25, 0.3) is 10.9 Å². The fourth-order valence-electron chi connectivity index (χ4n) is 3.86. The first-order valence-corrected chi connectivity index (χ1v) is 9.72. The molecular weight excluding hydrogens is 353 g/mol. The van der Waals surface area contributed by atoms with E-state index in [-0.39, 0.29) is 23.4 Å². The summed E-state index contributed by atoms with van der Waals surface area (Å²) in [6.07, 6.45) is 1.72. The predicted octanol–water partition coefficient (Wildman–Crippen LogP) is 5.46. The maximum Gasteiger partial charge on any atom is 0.147 e. The minimum atomic E-state index is -0.495. The van der Waals surface area contributed by atoms with Crippen molar-refractivity contribution in [2.45, 2.75) is 50.9 Å². The summed E-state index contributed by atoms with van der Waals surface area (Å²) in [5.41, 5.74) is 2.72. The molecule has 1 N–H and O–H groups in total. The Hall–Kier alpha value is -2.62. The molecule has 1 aliphatic carbocycles. The summed E-state index contributed by atoms with van der Waals surface area (Å²) in [7, 11) is 1.62. The highest BCUT2D eigenvalue weighted by Gasteiger charge is 2.50. The summed E-state index contributed by atoms with van der Waals surface area (Å²) in [5.74, 6) is 0.487. The number of ether oxygens (including phenoxy) is 1. The third kappa shape index (κ3) is 3.21. The fraction of sp³-hybridized carbons (Fsp3) is 0.375. The average Bonchev–Trinajstić information content (AvgIpc) is 3.36. The van der Waals surface area contributed by atoms with Gasteiger partial charge in [0.1, 0.15) is 17.3 Å². The van der Waals surface area contributed by atoms with Gasteiger partial charge >= 0.3 is 0 Å². The molecule has 0 bridgehead atoms. The third-order valence-electron chi connectivity index (χ3n) is 5.85. The van der Waals surface area contributed by atoms with Gasteiger partial charge in [-0.25, -0.2) is 4.39 Å². The lowest BCUT2D eigenvalue weighted by atomic mass is 9.87. The van der Waals surface area contributed by atoms with Crippen LogP contribution in [-0.4, -0.2) is 17.9 Å². The number of nitrogens with one attached hydrogen (secondary N) is 1. The molecule has 0 radical (unpaired) electrons. The molecule has 4 rings (SSSR count). The standard InChI is InChI=1S/C24H26FNO2/c1-23(2,3)21-11-16-10-15(19(25)14-20(16)26-21)12-22(27)24(8-9-24)17-6-5-7-18(13-17)28-4/h5-7,10-11,13-14,26H,8-9,12H2,1-4H3. The normalized spacial score (nSPS) is 15.6. The van der Waals surface area contributed by atoms with Crippen LogP contribution >= 0.6 is 0 Å². The van der Waals surface area contributed by atoms with E-state index in [1.54, 1.807) is 7.11 Å². The Bertz CT molecular complexity index is 1050. The van der Waals surface area contributed by atoms with E-state index in [1.165, 1.54) is 6.07 Å². The van der Waals surface area contributed by atoms with Crippen LogP contribution in [0.4, 0.5) is 4.39 Å². The molecule has 0 spiro atoms. The molecule has 1 heterocycles. The first-order chi connectivity index (χ1) is 13.2. The van der Waals surface area contributed by atoms with E-state index in [9.17, 15) is 9.18 Å². The maximum absolute atomic E-state index is 14.7. The van der Waals surface area contributed by atoms with Gasteiger partial charge in [0.25, 0.3) is 0 Å². The van der Waals surface area contributed by atoms with Gasteiger partial charge in [-0.3, -0.25) is 4.79 Å². The van der Waals surface area contributed by atoms with Gasteiger partial charge in [0, 0.05) is 28.4 Å². The van der Waals surface area contributed by atoms with Gasteiger partial charge in [-0.05, 0) is 54.3 Å². The lowest BCUT2D eigenvalue weighted by Gasteiger charge is -2.16. The molecule has 2 aromatic carbocycles. The summed E-state index contributed by atoms with van der Waals surface area (Å²) in [6, 6.07) is 13.0. The number of hydrogen-bond acceptors (Lipinski definition) is 2. The molecule has 0 amide bonds. The number of aromatic amines is 1. The van der Waals surface area contributed by atoms with Crippen LogP contribution in [0.3, 0.4) is 0 Å². The van der Waals surface area contributed by atoms with Crippen LogP contribution < -0.4 is 4.74 Å². The van der Waals surface area contributed by atoms with Crippen molar-refractivity contribution >= 4 is 16.7 Å². The Balaban J connectivity index is 1.64. The molecule has 1 aliphatic rings. The first kappa shape index (κ1) is 18.7. The molecule has 28 heavy (non-hydrogen) atoms. The number of halogens is 1. The molecular formula is C24H26FNO2. The van der Waals surface area contributed by atoms with Gasteiger partial charge in [-0.1, -0.05) is 32.9 Å². The number of benzene rings is 2. The monoisotopic (exact) mass is 379 g/mol. The van der Waals surface area contributed by atoms with Gasteiger partial charge in [0.15, 0.2) is 0 Å². The van der Waals surface area contributed by atoms with E-state index < -0.39 is 5.41 Å². The molecule has 0 atom stereocenters. The van der Waals surface area contributed by atoms with E-state index in [2.05, 4.69) is 31.8 Å². The lowest BCUT2D eigenvalue weighted by Crippen LogP contribution is -2.23. The number of methoxy groups -OCH3 is 1. The van der Waals surface area contributed by atoms with Gasteiger partial charge in [-0.15, -0.1) is 0 Å². The van der Waals surface area contributed by atoms with Crippen molar-refractivity contribution in [3.63, 3.8) is 0 Å². The van der Waals surface area contributed by atoms with E-state index in [0.717, 1.165) is 40.8 Å². The van der Waals surface area contributed by atoms with Crippen LogP contribution in [0.2, 0.25) is 0 Å². The van der Waals surface area contributed by atoms with Crippen molar-refractivity contribution in [2.24, 2.45) is 0 Å². The number of hydrogen-bond donors (Lipinski definition) is 1. The van der Waals surface area contributed by atoms with Crippen LogP contribution in [0.5, 0.6) is 5.75 Å². The van der Waals surface area contributed by atoms with Gasteiger partial charge < -0.3 is 9.72 Å². The maximum atomic E-state index is 14.7. The fourth-order valence-corrected chi connectivity index (χ4v) is 3.86. The summed E-state index contributed by atoms with van der Waals surface area (Å²) in [4.78, 5) is 16.4. The Labute approximate surface area is 164 Å². The molecule has 1 aromatic heterocycles. The van der Waals surface area contributed by atoms with Crippen LogP contribution in [0.15, 0.2) is 42.5 Å². The number of rotatable bonds is 5. The van der Waals surface area contributed by atoms with Crippen LogP contribution in [0, 0.1) is 5.82 Å². The molecule has 3 aromatic rings. The molecule has 0 saturated heterocycles. The van der Waals surface area contributed by atoms with Crippen molar-refractivity contribution in [3.05, 3.63) is 65.1 Å². The average molecular weight is 379 g/mol. The van der Waals surface area contributed by atoms with Crippen molar-refractivity contribution < 1.29 is 13.9 Å². The SMILES string of the molecule is COc1cccc(C2(C(=O)Cc3cc4cc(C(C)(C)C)[nH]c4cc3F)CC2)c1. The number of carbonyl (C=O) groups is 1. The Morgan fingerprint density at radius 3 is 2.57 bits per heavy atom. The summed E-state index contributed by atoms with van der Waals surface area (Å²) >= 11 is 0. The number of ketones is 1. The van der Waals surface area contributed by atoms with E-state index in [0.29, 0.717) is 5.56 Å². The third-order valence-corrected chi connectivity index (χ3v) is 5.85. The van der Waals surface area contributed by atoms with Gasteiger partial charge in [0.05, 0.1) is 12.5 Å². The zero-order chi connectivity index (χ0) is 20.1. The predicted molar refractivity (Wildman–Crippen MR) is 110 cm³/mol. The number of Topliss-reactive ketones (excluding diaryl/α,β-unsaturated/α-hetero) is 1. The highest BCUT2D eigenvalue weighted by molar-refractivity contribution is 5.95. The number of carbonyl (C=O) groups excluding carboxylic acids is 1. The van der Waals surface area contributed by atoms with Crippen LogP contribution in [0.1, 0.15) is 50.4 Å². The molecule has 0 aliphatic heterocycles. The Kier molecular flexibility index (Phi) is 4.33. The number of H-pyrrole nitrogens is 1. The zero-order valence-corrected chi connectivity index (χ0v) is 16.9. The molecule has 0 unspecified atom stereocenters. The van der Waals surface area contributed by atoms with Crippen LogP contribution in [-0.2, 0) is 22.0 Å². The molecule has 1 saturated carbocycles. The Morgan fingerprint density at radius 2 is 1.93 bits per heavy atom. The first-order valence-electron chi connectivity index (χ1n) is 9.72. The minimum Gasteiger partial charge on any atom is -0.497 e. The minimum absolute atomic E-state index is 0.0457. The molecule has 146 valence electrons. The highest BCUT2D eigenvalue weighted by atomic mass is 19.1. The van der Waals surface area contributed by atoms with Crippen molar-refractivity contribution in [2.75, 3.05) is 7.11 Å². The van der Waals surface area contributed by atoms with E-state index in [4.69, 9.17) is 4.74 Å². The zero-order valence-electron chi connectivity index (χ0n) is 16.9. The van der Waals surface area contributed by atoms with Gasteiger partial charge in [-0.2, -0.15) is 0 Å². The molecule has 1 fully saturated rings. The summed E-state index contributed by atoms with van der Waals surface area (Å²) in [6.45, 7) is 6.34. The lowest BCUT2D eigenvalue weighted by molar-refractivity contribution is -0.120. The second-order valence-electron chi connectivity index (χ2n) is 8.88. The number of fused-ring (bicyclic) bond motifs is 1. The molecule has 3 nitrogen and oxygen atoms in total. The smallest absolute Gasteiger partial charge is 0.147 e. The topological polar surface area (TPSA) is 42.1 Å². The van der Waals surface area contributed by atoms with E-state index >= 15 is 0 Å². The highest BCUT2D eigenvalue weighted by Crippen LogP contribution is 2.50. The van der Waals surface area contributed by atoms with Crippen molar-refractivity contribution in [1.82, 2.24) is 4.98 Å². The largest absolute Gasteiger partial charge is 0.497 e. The quantitative estimate of drug-likeness (QED) is 0.640. The molecule has 4 heteroatoms. The summed E-state index contributed by atoms with van der Waals surface area (Å²) in [5, 5.41) is 0.945. The summed E-state index contributed by atoms with van der Waals surface area (Å²) < 4.78 is 20.0. The van der Waals surface area contributed by atoms with E-state index in [1.807, 2.05) is 30.3 Å². The Morgan fingerprint density at radius 1 is 1.18 bits per heavy atom. The number of aromatic nitrogens is 1. The van der Waals surface area contributed by atoms with Gasteiger partial charge in [0.2, 0.25) is 0 Å². The second kappa shape index (κ2) is 6.47.